The van der Waals surface area contributed by atoms with Crippen molar-refractivity contribution in [2.75, 3.05) is 31.5 Å². The number of amides is 2. The summed E-state index contributed by atoms with van der Waals surface area (Å²) in [4.78, 5) is 35.5. The fraction of sp³-hybridized carbons (Fsp3) is 0.529. The summed E-state index contributed by atoms with van der Waals surface area (Å²) in [6.45, 7) is 1.66. The fourth-order valence-electron chi connectivity index (χ4n) is 2.84. The molecule has 1 aliphatic heterocycles. The summed E-state index contributed by atoms with van der Waals surface area (Å²) in [5.74, 6) is -0.382. The molecular weight excluding hydrogens is 381 g/mol. The number of carbonyl (C=O) groups is 2. The Kier molecular flexibility index (Phi) is 7.18. The highest BCUT2D eigenvalue weighted by Crippen LogP contribution is 2.34. The fourth-order valence-corrected chi connectivity index (χ4v) is 2.84. The lowest BCUT2D eigenvalue weighted by Gasteiger charge is -2.15. The molecule has 0 radical (unpaired) electrons. The molecule has 0 unspecified atom stereocenters. The second kappa shape index (κ2) is 9.38. The molecule has 8 nitrogen and oxygen atoms in total. The molecule has 1 aromatic rings. The van der Waals surface area contributed by atoms with E-state index in [0.717, 1.165) is 38.1 Å². The number of nitrogens with zero attached hydrogens (tertiary/aromatic N) is 2. The molecule has 1 aliphatic rings. The first-order chi connectivity index (χ1) is 13.2. The minimum absolute atomic E-state index is 0.00188. The van der Waals surface area contributed by atoms with E-state index in [4.69, 9.17) is 0 Å². The maximum Gasteiger partial charge on any atom is 0.416 e. The first kappa shape index (κ1) is 21.5. The monoisotopic (exact) mass is 402 g/mol. The number of alkyl halides is 3. The van der Waals surface area contributed by atoms with Crippen molar-refractivity contribution < 1.29 is 27.7 Å². The predicted octanol–water partition coefficient (Wildman–Crippen LogP) is 2.54. The first-order valence-electron chi connectivity index (χ1n) is 8.82. The van der Waals surface area contributed by atoms with Gasteiger partial charge in [-0.25, -0.2) is 0 Å². The maximum atomic E-state index is 12.7. The summed E-state index contributed by atoms with van der Waals surface area (Å²) in [7, 11) is 0. The molecular formula is C17H21F3N4O4. The lowest BCUT2D eigenvalue weighted by atomic mass is 10.1. The van der Waals surface area contributed by atoms with Crippen molar-refractivity contribution in [1.29, 1.82) is 0 Å². The molecule has 1 saturated heterocycles. The average molecular weight is 402 g/mol. The minimum Gasteiger partial charge on any atom is -0.379 e. The molecule has 2 N–H and O–H groups in total. The van der Waals surface area contributed by atoms with Crippen LogP contribution in [0.1, 0.15) is 31.2 Å². The van der Waals surface area contributed by atoms with Gasteiger partial charge in [0, 0.05) is 45.1 Å². The largest absolute Gasteiger partial charge is 0.416 e. The summed E-state index contributed by atoms with van der Waals surface area (Å²) in [5.41, 5.74) is -1.94. The van der Waals surface area contributed by atoms with E-state index in [9.17, 15) is 32.9 Å². The number of hydrogen-bond donors (Lipinski definition) is 2. The highest BCUT2D eigenvalue weighted by atomic mass is 19.4. The summed E-state index contributed by atoms with van der Waals surface area (Å²) >= 11 is 0. The lowest BCUT2D eigenvalue weighted by molar-refractivity contribution is -0.384. The zero-order chi connectivity index (χ0) is 20.7. The molecule has 2 amide bonds. The van der Waals surface area contributed by atoms with Gasteiger partial charge in [0.25, 0.3) is 5.69 Å². The number of benzene rings is 1. The first-order valence-corrected chi connectivity index (χ1v) is 8.82. The van der Waals surface area contributed by atoms with E-state index in [1.807, 2.05) is 0 Å². The number of nitrogens with one attached hydrogen (secondary N) is 2. The SMILES string of the molecule is O=C(CCNc1ccc(C(F)(F)F)cc1[N+](=O)[O-])NCCC(=O)N1CCCC1. The third-order valence-electron chi connectivity index (χ3n) is 4.31. The Hall–Kier alpha value is -2.85. The number of anilines is 1. The van der Waals surface area contributed by atoms with E-state index < -0.39 is 22.4 Å². The maximum absolute atomic E-state index is 12.7. The second-order valence-corrected chi connectivity index (χ2v) is 6.35. The number of halogens is 3. The van der Waals surface area contributed by atoms with E-state index in [0.29, 0.717) is 6.07 Å². The molecule has 11 heteroatoms. The van der Waals surface area contributed by atoms with Crippen LogP contribution >= 0.6 is 0 Å². The van der Waals surface area contributed by atoms with E-state index in [1.54, 1.807) is 4.90 Å². The van der Waals surface area contributed by atoms with Gasteiger partial charge in [-0.05, 0) is 25.0 Å². The summed E-state index contributed by atoms with van der Waals surface area (Å²) in [6.07, 6.45) is -2.56. The third-order valence-corrected chi connectivity index (χ3v) is 4.31. The predicted molar refractivity (Wildman–Crippen MR) is 94.6 cm³/mol. The van der Waals surface area contributed by atoms with E-state index in [1.165, 1.54) is 0 Å². The number of hydrogen-bond acceptors (Lipinski definition) is 5. The van der Waals surface area contributed by atoms with E-state index >= 15 is 0 Å². The zero-order valence-electron chi connectivity index (χ0n) is 15.1. The van der Waals surface area contributed by atoms with Crippen molar-refractivity contribution in [1.82, 2.24) is 10.2 Å². The van der Waals surface area contributed by atoms with E-state index in [-0.39, 0.29) is 43.4 Å². The van der Waals surface area contributed by atoms with Gasteiger partial charge in [0.15, 0.2) is 0 Å². The lowest BCUT2D eigenvalue weighted by Crippen LogP contribution is -2.33. The Morgan fingerprint density at radius 3 is 2.43 bits per heavy atom. The molecule has 0 aliphatic carbocycles. The van der Waals surface area contributed by atoms with Crippen molar-refractivity contribution in [3.63, 3.8) is 0 Å². The molecule has 1 heterocycles. The Morgan fingerprint density at radius 2 is 1.82 bits per heavy atom. The van der Waals surface area contributed by atoms with Gasteiger partial charge < -0.3 is 15.5 Å². The van der Waals surface area contributed by atoms with Crippen molar-refractivity contribution >= 4 is 23.2 Å². The quantitative estimate of drug-likeness (QED) is 0.514. The van der Waals surface area contributed by atoms with Crippen molar-refractivity contribution in [2.24, 2.45) is 0 Å². The van der Waals surface area contributed by atoms with Gasteiger partial charge in [-0.15, -0.1) is 0 Å². The molecule has 1 aromatic carbocycles. The third kappa shape index (κ3) is 6.10. The van der Waals surface area contributed by atoms with Crippen LogP contribution in [0.3, 0.4) is 0 Å². The standard InChI is InChI=1S/C17H21F3N4O4/c18-17(19,20)12-3-4-13(14(11-12)24(27)28)21-7-5-15(25)22-8-6-16(26)23-9-1-2-10-23/h3-4,11,21H,1-2,5-10H2,(H,22,25). The molecule has 154 valence electrons. The Morgan fingerprint density at radius 1 is 1.14 bits per heavy atom. The van der Waals surface area contributed by atoms with Gasteiger partial charge in [0.2, 0.25) is 11.8 Å². The van der Waals surface area contributed by atoms with E-state index in [2.05, 4.69) is 10.6 Å². The zero-order valence-corrected chi connectivity index (χ0v) is 15.1. The molecule has 1 fully saturated rings. The second-order valence-electron chi connectivity index (χ2n) is 6.35. The molecule has 0 saturated carbocycles. The van der Waals surface area contributed by atoms with Gasteiger partial charge in [0.1, 0.15) is 5.69 Å². The van der Waals surface area contributed by atoms with Crippen LogP contribution in [0, 0.1) is 10.1 Å². The van der Waals surface area contributed by atoms with Crippen LogP contribution in [-0.4, -0.2) is 47.8 Å². The summed E-state index contributed by atoms with van der Waals surface area (Å²) in [5, 5.41) is 16.2. The van der Waals surface area contributed by atoms with Gasteiger partial charge in [-0.1, -0.05) is 0 Å². The van der Waals surface area contributed by atoms with Crippen molar-refractivity contribution in [3.05, 3.63) is 33.9 Å². The molecule has 2 rings (SSSR count). The van der Waals surface area contributed by atoms with Crippen LogP contribution < -0.4 is 10.6 Å². The Labute approximate surface area is 159 Å². The highest BCUT2D eigenvalue weighted by Gasteiger charge is 2.33. The molecule has 28 heavy (non-hydrogen) atoms. The van der Waals surface area contributed by atoms with Crippen LogP contribution in [0.2, 0.25) is 0 Å². The number of nitro groups is 1. The number of likely N-dealkylation sites (tertiary alicyclic amines) is 1. The molecule has 0 bridgehead atoms. The van der Waals surface area contributed by atoms with Gasteiger partial charge in [-0.3, -0.25) is 19.7 Å². The normalized spacial score (nSPS) is 14.0. The Balaban J connectivity index is 1.78. The van der Waals surface area contributed by atoms with Crippen LogP contribution in [0.4, 0.5) is 24.5 Å². The Bertz CT molecular complexity index is 734. The number of nitro benzene ring substituents is 1. The van der Waals surface area contributed by atoms with Crippen LogP contribution in [0.25, 0.3) is 0 Å². The van der Waals surface area contributed by atoms with Gasteiger partial charge in [0.05, 0.1) is 10.5 Å². The topological polar surface area (TPSA) is 105 Å². The van der Waals surface area contributed by atoms with Gasteiger partial charge >= 0.3 is 6.18 Å². The molecule has 0 aromatic heterocycles. The summed E-state index contributed by atoms with van der Waals surface area (Å²) < 4.78 is 38.0. The number of rotatable bonds is 8. The summed E-state index contributed by atoms with van der Waals surface area (Å²) in [6, 6.07) is 2.15. The van der Waals surface area contributed by atoms with Crippen LogP contribution in [0.5, 0.6) is 0 Å². The van der Waals surface area contributed by atoms with Crippen molar-refractivity contribution in [2.45, 2.75) is 31.9 Å². The van der Waals surface area contributed by atoms with Crippen LogP contribution in [-0.2, 0) is 15.8 Å². The highest BCUT2D eigenvalue weighted by molar-refractivity contribution is 5.79. The number of carbonyl (C=O) groups excluding carboxylic acids is 2. The van der Waals surface area contributed by atoms with Crippen LogP contribution in [0.15, 0.2) is 18.2 Å². The minimum atomic E-state index is -4.68. The molecule has 0 spiro atoms. The smallest absolute Gasteiger partial charge is 0.379 e. The van der Waals surface area contributed by atoms with Crippen molar-refractivity contribution in [3.8, 4) is 0 Å². The molecule has 0 atom stereocenters. The van der Waals surface area contributed by atoms with Gasteiger partial charge in [-0.2, -0.15) is 13.2 Å². The average Bonchev–Trinajstić information content (AvgIpc) is 3.15.